The number of benzene rings is 2. The van der Waals surface area contributed by atoms with Gasteiger partial charge in [0.05, 0.1) is 6.54 Å². The normalized spacial score (nSPS) is 12.7. The SMILES string of the molecule is O=C(NCC(=O)N1CCc2ccccc21)c1ccc(-c2nnc3ncccn23)cc1. The summed E-state index contributed by atoms with van der Waals surface area (Å²) in [6.45, 7) is 0.597. The van der Waals surface area contributed by atoms with Gasteiger partial charge in [-0.25, -0.2) is 4.98 Å². The number of nitrogens with one attached hydrogen (secondary N) is 1. The molecule has 30 heavy (non-hydrogen) atoms. The molecule has 0 radical (unpaired) electrons. The fraction of sp³-hybridized carbons (Fsp3) is 0.136. The van der Waals surface area contributed by atoms with Crippen molar-refractivity contribution in [1.82, 2.24) is 24.9 Å². The molecule has 4 aromatic rings. The molecule has 0 bridgehead atoms. The Bertz CT molecular complexity index is 1250. The van der Waals surface area contributed by atoms with Crippen LogP contribution in [0.25, 0.3) is 17.2 Å². The fourth-order valence-corrected chi connectivity index (χ4v) is 3.66. The summed E-state index contributed by atoms with van der Waals surface area (Å²) in [5.74, 6) is 0.742. The second-order valence-corrected chi connectivity index (χ2v) is 7.00. The van der Waals surface area contributed by atoms with Crippen molar-refractivity contribution in [2.45, 2.75) is 6.42 Å². The average molecular weight is 398 g/mol. The number of para-hydroxylation sites is 1. The lowest BCUT2D eigenvalue weighted by Gasteiger charge is -2.17. The number of nitrogens with zero attached hydrogens (tertiary/aromatic N) is 5. The van der Waals surface area contributed by atoms with Crippen LogP contribution < -0.4 is 10.2 Å². The molecule has 148 valence electrons. The van der Waals surface area contributed by atoms with Gasteiger partial charge in [-0.05, 0) is 36.2 Å². The predicted octanol–water partition coefficient (Wildman–Crippen LogP) is 2.11. The van der Waals surface area contributed by atoms with Gasteiger partial charge in [0, 0.05) is 35.8 Å². The molecule has 0 fully saturated rings. The molecule has 2 aromatic carbocycles. The number of hydrogen-bond acceptors (Lipinski definition) is 5. The number of anilines is 1. The molecule has 8 nitrogen and oxygen atoms in total. The maximum Gasteiger partial charge on any atom is 0.255 e. The predicted molar refractivity (Wildman–Crippen MR) is 111 cm³/mol. The van der Waals surface area contributed by atoms with Gasteiger partial charge < -0.3 is 10.2 Å². The van der Waals surface area contributed by atoms with Crippen molar-refractivity contribution in [2.75, 3.05) is 18.0 Å². The van der Waals surface area contributed by atoms with Crippen LogP contribution in [0.15, 0.2) is 67.0 Å². The van der Waals surface area contributed by atoms with Crippen LogP contribution in [0.3, 0.4) is 0 Å². The van der Waals surface area contributed by atoms with E-state index in [1.807, 2.05) is 30.5 Å². The standard InChI is InChI=1S/C22H18N6O2/c29-19(27-13-10-15-4-1-2-5-18(15)27)14-24-21(30)17-8-6-16(7-9-17)20-25-26-22-23-11-3-12-28(20)22/h1-9,11-12H,10,13-14H2,(H,24,30). The monoisotopic (exact) mass is 398 g/mol. The first-order valence-corrected chi connectivity index (χ1v) is 9.63. The minimum Gasteiger partial charge on any atom is -0.343 e. The van der Waals surface area contributed by atoms with Gasteiger partial charge in [0.15, 0.2) is 5.82 Å². The van der Waals surface area contributed by atoms with E-state index in [-0.39, 0.29) is 18.4 Å². The first-order chi connectivity index (χ1) is 14.7. The molecular weight excluding hydrogens is 380 g/mol. The molecule has 3 heterocycles. The lowest BCUT2D eigenvalue weighted by molar-refractivity contribution is -0.117. The van der Waals surface area contributed by atoms with Gasteiger partial charge in [-0.2, -0.15) is 0 Å². The summed E-state index contributed by atoms with van der Waals surface area (Å²) in [6.07, 6.45) is 4.33. The number of carbonyl (C=O) groups is 2. The summed E-state index contributed by atoms with van der Waals surface area (Å²) < 4.78 is 1.78. The van der Waals surface area contributed by atoms with E-state index >= 15 is 0 Å². The van der Waals surface area contributed by atoms with Gasteiger partial charge in [-0.15, -0.1) is 10.2 Å². The molecule has 1 N–H and O–H groups in total. The number of rotatable bonds is 4. The number of carbonyl (C=O) groups excluding carboxylic acids is 2. The highest BCUT2D eigenvalue weighted by Gasteiger charge is 2.24. The topological polar surface area (TPSA) is 92.5 Å². The first-order valence-electron chi connectivity index (χ1n) is 9.63. The maximum atomic E-state index is 12.6. The molecule has 1 aliphatic rings. The zero-order valence-electron chi connectivity index (χ0n) is 16.0. The van der Waals surface area contributed by atoms with E-state index in [9.17, 15) is 9.59 Å². The molecule has 0 unspecified atom stereocenters. The van der Waals surface area contributed by atoms with Crippen LogP contribution in [0.4, 0.5) is 5.69 Å². The summed E-state index contributed by atoms with van der Waals surface area (Å²) in [7, 11) is 0. The van der Waals surface area contributed by atoms with Crippen LogP contribution >= 0.6 is 0 Å². The third-order valence-corrected chi connectivity index (χ3v) is 5.18. The number of hydrogen-bond donors (Lipinski definition) is 1. The lowest BCUT2D eigenvalue weighted by Crippen LogP contribution is -2.39. The summed E-state index contributed by atoms with van der Waals surface area (Å²) in [5, 5.41) is 10.9. The Kier molecular flexibility index (Phi) is 4.44. The Morgan fingerprint density at radius 2 is 1.83 bits per heavy atom. The van der Waals surface area contributed by atoms with Crippen molar-refractivity contribution in [1.29, 1.82) is 0 Å². The zero-order valence-corrected chi connectivity index (χ0v) is 16.0. The van der Waals surface area contributed by atoms with Crippen molar-refractivity contribution in [3.63, 3.8) is 0 Å². The minimum absolute atomic E-state index is 0.0462. The summed E-state index contributed by atoms with van der Waals surface area (Å²) in [5.41, 5.74) is 3.37. The molecule has 1 aliphatic heterocycles. The molecule has 0 atom stereocenters. The summed E-state index contributed by atoms with van der Waals surface area (Å²) in [6, 6.07) is 16.7. The second kappa shape index (κ2) is 7.40. The highest BCUT2D eigenvalue weighted by molar-refractivity contribution is 6.01. The minimum atomic E-state index is -0.296. The molecule has 0 saturated carbocycles. The van der Waals surface area contributed by atoms with E-state index in [2.05, 4.69) is 20.5 Å². The maximum absolute atomic E-state index is 12.6. The number of fused-ring (bicyclic) bond motifs is 2. The molecule has 2 amide bonds. The smallest absolute Gasteiger partial charge is 0.255 e. The van der Waals surface area contributed by atoms with Crippen molar-refractivity contribution >= 4 is 23.3 Å². The van der Waals surface area contributed by atoms with Crippen LogP contribution in [0, 0.1) is 0 Å². The number of aromatic nitrogens is 4. The summed E-state index contributed by atoms with van der Waals surface area (Å²) >= 11 is 0. The summed E-state index contributed by atoms with van der Waals surface area (Å²) in [4.78, 5) is 30.9. The number of amides is 2. The highest BCUT2D eigenvalue weighted by atomic mass is 16.2. The van der Waals surface area contributed by atoms with E-state index in [4.69, 9.17) is 0 Å². The fourth-order valence-electron chi connectivity index (χ4n) is 3.66. The van der Waals surface area contributed by atoms with Crippen molar-refractivity contribution in [3.8, 4) is 11.4 Å². The molecule has 0 spiro atoms. The van der Waals surface area contributed by atoms with E-state index in [0.29, 0.717) is 23.7 Å². The van der Waals surface area contributed by atoms with E-state index in [1.165, 1.54) is 0 Å². The third-order valence-electron chi connectivity index (χ3n) is 5.18. The Hall–Kier alpha value is -4.07. The molecular formula is C22H18N6O2. The van der Waals surface area contributed by atoms with Gasteiger partial charge in [-0.1, -0.05) is 30.3 Å². The molecule has 0 saturated heterocycles. The molecule has 5 rings (SSSR count). The lowest BCUT2D eigenvalue weighted by atomic mass is 10.1. The zero-order chi connectivity index (χ0) is 20.5. The van der Waals surface area contributed by atoms with Crippen molar-refractivity contribution < 1.29 is 9.59 Å². The third kappa shape index (κ3) is 3.18. The molecule has 2 aromatic heterocycles. The van der Waals surface area contributed by atoms with E-state index in [1.54, 1.807) is 45.8 Å². The first kappa shape index (κ1) is 18.0. The largest absolute Gasteiger partial charge is 0.343 e. The average Bonchev–Trinajstić information content (AvgIpc) is 3.42. The Morgan fingerprint density at radius 1 is 1.00 bits per heavy atom. The van der Waals surface area contributed by atoms with Gasteiger partial charge in [-0.3, -0.25) is 14.0 Å². The Labute approximate surface area is 172 Å². The quantitative estimate of drug-likeness (QED) is 0.568. The second-order valence-electron chi connectivity index (χ2n) is 7.00. The highest BCUT2D eigenvalue weighted by Crippen LogP contribution is 2.27. The van der Waals surface area contributed by atoms with Crippen molar-refractivity contribution in [2.24, 2.45) is 0 Å². The van der Waals surface area contributed by atoms with Gasteiger partial charge >= 0.3 is 0 Å². The van der Waals surface area contributed by atoms with Crippen LogP contribution in [0.5, 0.6) is 0 Å². The van der Waals surface area contributed by atoms with Crippen molar-refractivity contribution in [3.05, 3.63) is 78.1 Å². The van der Waals surface area contributed by atoms with Crippen LogP contribution in [-0.2, 0) is 11.2 Å². The Balaban J connectivity index is 1.25. The van der Waals surface area contributed by atoms with Crippen LogP contribution in [-0.4, -0.2) is 44.5 Å². The molecule has 0 aliphatic carbocycles. The van der Waals surface area contributed by atoms with E-state index in [0.717, 1.165) is 23.2 Å². The van der Waals surface area contributed by atoms with Gasteiger partial charge in [0.2, 0.25) is 5.91 Å². The van der Waals surface area contributed by atoms with Crippen LogP contribution in [0.1, 0.15) is 15.9 Å². The molecule has 8 heteroatoms. The van der Waals surface area contributed by atoms with Gasteiger partial charge in [0.25, 0.3) is 11.7 Å². The van der Waals surface area contributed by atoms with E-state index < -0.39 is 0 Å². The van der Waals surface area contributed by atoms with Crippen LogP contribution in [0.2, 0.25) is 0 Å². The Morgan fingerprint density at radius 3 is 2.70 bits per heavy atom. The van der Waals surface area contributed by atoms with Gasteiger partial charge in [0.1, 0.15) is 0 Å².